The van der Waals surface area contributed by atoms with Gasteiger partial charge in [-0.2, -0.15) is 0 Å². The molecule has 0 aromatic carbocycles. The Hall–Kier alpha value is -0.590. The molecule has 0 amide bonds. The number of carbonyl (C=O) groups is 1. The lowest BCUT2D eigenvalue weighted by molar-refractivity contribution is -0.127. The van der Waals surface area contributed by atoms with Gasteiger partial charge in [0.1, 0.15) is 5.78 Å². The van der Waals surface area contributed by atoms with Crippen LogP contribution in [0.2, 0.25) is 0 Å². The molecule has 64 valence electrons. The van der Waals surface area contributed by atoms with Gasteiger partial charge in [0.15, 0.2) is 0 Å². The van der Waals surface area contributed by atoms with Gasteiger partial charge < -0.3 is 0 Å². The predicted octanol–water partition coefficient (Wildman–Crippen LogP) is 2.18. The Kier molecular flexibility index (Phi) is 1.27. The van der Waals surface area contributed by atoms with E-state index in [4.69, 9.17) is 0 Å². The van der Waals surface area contributed by atoms with Crippen LogP contribution in [0.3, 0.4) is 0 Å². The van der Waals surface area contributed by atoms with Gasteiger partial charge in [0.2, 0.25) is 0 Å². The molecule has 2 bridgehead atoms. The van der Waals surface area contributed by atoms with E-state index in [9.17, 15) is 4.79 Å². The molecule has 3 rings (SSSR count). The molecular formula is C11H14O. The fourth-order valence-electron chi connectivity index (χ4n) is 3.47. The molecule has 0 heterocycles. The highest BCUT2D eigenvalue weighted by Gasteiger charge is 2.48. The van der Waals surface area contributed by atoms with Gasteiger partial charge in [-0.05, 0) is 37.0 Å². The summed E-state index contributed by atoms with van der Waals surface area (Å²) in [7, 11) is 0. The summed E-state index contributed by atoms with van der Waals surface area (Å²) in [5.41, 5.74) is 0. The van der Waals surface area contributed by atoms with Crippen molar-refractivity contribution < 1.29 is 4.79 Å². The first kappa shape index (κ1) is 6.88. The summed E-state index contributed by atoms with van der Waals surface area (Å²) < 4.78 is 0. The van der Waals surface area contributed by atoms with Crippen LogP contribution in [0.4, 0.5) is 0 Å². The smallest absolute Gasteiger partial charge is 0.136 e. The molecule has 0 saturated heterocycles. The number of carbonyl (C=O) groups excluding carboxylic acids is 1. The number of fused-ring (bicyclic) bond motifs is 5. The lowest BCUT2D eigenvalue weighted by Gasteiger charge is -2.30. The van der Waals surface area contributed by atoms with Crippen LogP contribution in [0, 0.1) is 23.7 Å². The average Bonchev–Trinajstić information content (AvgIpc) is 2.64. The molecule has 0 aromatic heterocycles. The second-order valence-corrected chi connectivity index (χ2v) is 4.50. The molecule has 0 spiro atoms. The normalized spacial score (nSPS) is 49.8. The molecule has 12 heavy (non-hydrogen) atoms. The van der Waals surface area contributed by atoms with Crippen LogP contribution in [0.15, 0.2) is 12.2 Å². The van der Waals surface area contributed by atoms with E-state index in [-0.39, 0.29) is 0 Å². The van der Waals surface area contributed by atoms with Crippen LogP contribution in [-0.4, -0.2) is 5.78 Å². The molecule has 0 unspecified atom stereocenters. The molecule has 0 N–H and O–H groups in total. The van der Waals surface area contributed by atoms with Gasteiger partial charge >= 0.3 is 0 Å². The van der Waals surface area contributed by atoms with Crippen molar-refractivity contribution in [3.63, 3.8) is 0 Å². The minimum Gasteiger partial charge on any atom is -0.299 e. The van der Waals surface area contributed by atoms with Gasteiger partial charge in [-0.15, -0.1) is 0 Å². The third-order valence-corrected chi connectivity index (χ3v) is 3.95. The second kappa shape index (κ2) is 2.21. The summed E-state index contributed by atoms with van der Waals surface area (Å²) in [4.78, 5) is 11.6. The summed E-state index contributed by atoms with van der Waals surface area (Å²) in [5, 5.41) is 0. The van der Waals surface area contributed by atoms with Crippen LogP contribution in [0.5, 0.6) is 0 Å². The quantitative estimate of drug-likeness (QED) is 0.499. The first-order valence-electron chi connectivity index (χ1n) is 5.07. The number of hydrogen-bond acceptors (Lipinski definition) is 1. The Morgan fingerprint density at radius 2 is 2.08 bits per heavy atom. The highest BCUT2D eigenvalue weighted by molar-refractivity contribution is 5.83. The molecule has 4 atom stereocenters. The summed E-state index contributed by atoms with van der Waals surface area (Å²) in [6.45, 7) is 0. The molecular weight excluding hydrogens is 148 g/mol. The lowest BCUT2D eigenvalue weighted by atomic mass is 9.73. The fraction of sp³-hybridized carbons (Fsp3) is 0.727. The average molecular weight is 162 g/mol. The van der Waals surface area contributed by atoms with Crippen molar-refractivity contribution in [3.05, 3.63) is 12.2 Å². The Balaban J connectivity index is 1.97. The van der Waals surface area contributed by atoms with Crippen LogP contribution in [-0.2, 0) is 4.79 Å². The minimum atomic E-state index is 0.439. The maximum absolute atomic E-state index is 11.6. The van der Waals surface area contributed by atoms with Crippen molar-refractivity contribution in [2.45, 2.75) is 25.7 Å². The molecule has 1 nitrogen and oxygen atoms in total. The molecule has 3 aliphatic carbocycles. The molecule has 1 heteroatoms. The van der Waals surface area contributed by atoms with Crippen molar-refractivity contribution >= 4 is 5.78 Å². The third-order valence-electron chi connectivity index (χ3n) is 3.95. The van der Waals surface area contributed by atoms with Crippen LogP contribution in [0.25, 0.3) is 0 Å². The van der Waals surface area contributed by atoms with E-state index in [0.717, 1.165) is 24.7 Å². The van der Waals surface area contributed by atoms with Crippen molar-refractivity contribution in [2.24, 2.45) is 23.7 Å². The fourth-order valence-corrected chi connectivity index (χ4v) is 3.47. The SMILES string of the molecule is O=C1CCC[C@H]2[C@@H]1[C@@H]1C=C[C@H]2C1. The maximum Gasteiger partial charge on any atom is 0.136 e. The summed E-state index contributed by atoms with van der Waals surface area (Å²) >= 11 is 0. The van der Waals surface area contributed by atoms with Gasteiger partial charge in [-0.3, -0.25) is 4.79 Å². The highest BCUT2D eigenvalue weighted by atomic mass is 16.1. The number of hydrogen-bond donors (Lipinski definition) is 0. The number of ketones is 1. The maximum atomic E-state index is 11.6. The van der Waals surface area contributed by atoms with Gasteiger partial charge in [-0.25, -0.2) is 0 Å². The molecule has 2 saturated carbocycles. The van der Waals surface area contributed by atoms with Crippen molar-refractivity contribution in [1.29, 1.82) is 0 Å². The van der Waals surface area contributed by atoms with Crippen LogP contribution < -0.4 is 0 Å². The highest BCUT2D eigenvalue weighted by Crippen LogP contribution is 2.52. The summed E-state index contributed by atoms with van der Waals surface area (Å²) in [5.74, 6) is 3.13. The van der Waals surface area contributed by atoms with E-state index in [1.807, 2.05) is 0 Å². The second-order valence-electron chi connectivity index (χ2n) is 4.50. The van der Waals surface area contributed by atoms with Gasteiger partial charge in [-0.1, -0.05) is 12.2 Å². The van der Waals surface area contributed by atoms with E-state index in [1.165, 1.54) is 12.8 Å². The molecule has 0 aliphatic heterocycles. The topological polar surface area (TPSA) is 17.1 Å². The van der Waals surface area contributed by atoms with E-state index < -0.39 is 0 Å². The van der Waals surface area contributed by atoms with Crippen molar-refractivity contribution in [3.8, 4) is 0 Å². The van der Waals surface area contributed by atoms with Gasteiger partial charge in [0.25, 0.3) is 0 Å². The van der Waals surface area contributed by atoms with Crippen LogP contribution >= 0.6 is 0 Å². The van der Waals surface area contributed by atoms with E-state index in [2.05, 4.69) is 12.2 Å². The van der Waals surface area contributed by atoms with E-state index in [1.54, 1.807) is 0 Å². The molecule has 0 aromatic rings. The van der Waals surface area contributed by atoms with Crippen LogP contribution in [0.1, 0.15) is 25.7 Å². The third kappa shape index (κ3) is 0.720. The molecule has 2 fully saturated rings. The lowest BCUT2D eigenvalue weighted by Crippen LogP contribution is -2.31. The van der Waals surface area contributed by atoms with Gasteiger partial charge in [0, 0.05) is 12.3 Å². The van der Waals surface area contributed by atoms with Crippen molar-refractivity contribution in [2.75, 3.05) is 0 Å². The van der Waals surface area contributed by atoms with E-state index in [0.29, 0.717) is 17.6 Å². The monoisotopic (exact) mass is 162 g/mol. The van der Waals surface area contributed by atoms with Gasteiger partial charge in [0.05, 0.1) is 0 Å². The Bertz CT molecular complexity index is 254. The summed E-state index contributed by atoms with van der Waals surface area (Å²) in [6.07, 6.45) is 9.23. The first-order chi connectivity index (χ1) is 5.86. The Labute approximate surface area is 72.8 Å². The molecule has 0 radical (unpaired) electrons. The minimum absolute atomic E-state index is 0.439. The number of rotatable bonds is 0. The van der Waals surface area contributed by atoms with E-state index >= 15 is 0 Å². The standard InChI is InChI=1S/C11H14O/c12-10-3-1-2-9-7-4-5-8(6-7)11(9)10/h4-5,7-9,11H,1-3,6H2/t7-,8+,9+,11-/m0/s1. The zero-order valence-corrected chi connectivity index (χ0v) is 7.20. The summed E-state index contributed by atoms with van der Waals surface area (Å²) in [6, 6.07) is 0. The predicted molar refractivity (Wildman–Crippen MR) is 46.6 cm³/mol. The Morgan fingerprint density at radius 1 is 1.25 bits per heavy atom. The number of Topliss-reactive ketones (excluding diaryl/α,β-unsaturated/α-hetero) is 1. The first-order valence-corrected chi connectivity index (χ1v) is 5.07. The molecule has 3 aliphatic rings. The largest absolute Gasteiger partial charge is 0.299 e. The zero-order chi connectivity index (χ0) is 8.13. The van der Waals surface area contributed by atoms with Crippen molar-refractivity contribution in [1.82, 2.24) is 0 Å². The zero-order valence-electron chi connectivity index (χ0n) is 7.20. The number of allylic oxidation sites excluding steroid dienone is 2. The Morgan fingerprint density at radius 3 is 2.92 bits per heavy atom.